The van der Waals surface area contributed by atoms with E-state index in [1.807, 2.05) is 20.8 Å². The fourth-order valence-corrected chi connectivity index (χ4v) is 2.36. The molecule has 1 aliphatic heterocycles. The first-order chi connectivity index (χ1) is 9.35. The van der Waals surface area contributed by atoms with E-state index in [1.54, 1.807) is 4.90 Å². The summed E-state index contributed by atoms with van der Waals surface area (Å²) in [5.74, 6) is 0.528. The fourth-order valence-electron chi connectivity index (χ4n) is 2.36. The van der Waals surface area contributed by atoms with Gasteiger partial charge in [-0.2, -0.15) is 0 Å². The molecule has 20 heavy (non-hydrogen) atoms. The van der Waals surface area contributed by atoms with Crippen LogP contribution in [0, 0.1) is 5.92 Å². The lowest BCUT2D eigenvalue weighted by molar-refractivity contribution is 0.00491. The molecule has 5 heteroatoms. The molecule has 1 atom stereocenters. The number of ether oxygens (including phenoxy) is 1. The van der Waals surface area contributed by atoms with Crippen LogP contribution in [0.5, 0.6) is 0 Å². The molecule has 0 spiro atoms. The van der Waals surface area contributed by atoms with Gasteiger partial charge < -0.3 is 20.1 Å². The average Bonchev–Trinajstić information content (AvgIpc) is 2.24. The third kappa shape index (κ3) is 6.09. The lowest BCUT2D eigenvalue weighted by Gasteiger charge is -2.40. The van der Waals surface area contributed by atoms with Gasteiger partial charge in [-0.15, -0.1) is 0 Å². The van der Waals surface area contributed by atoms with Gasteiger partial charge in [0.05, 0.1) is 0 Å². The lowest BCUT2D eigenvalue weighted by Crippen LogP contribution is -2.61. The van der Waals surface area contributed by atoms with Gasteiger partial charge in [-0.3, -0.25) is 0 Å². The number of rotatable bonds is 7. The molecule has 5 nitrogen and oxygen atoms in total. The zero-order valence-corrected chi connectivity index (χ0v) is 13.3. The topological polar surface area (TPSA) is 61.8 Å². The van der Waals surface area contributed by atoms with Crippen molar-refractivity contribution in [1.82, 2.24) is 10.2 Å². The zero-order chi connectivity index (χ0) is 15.2. The van der Waals surface area contributed by atoms with Crippen LogP contribution in [-0.2, 0) is 4.74 Å². The second-order valence-corrected chi connectivity index (χ2v) is 6.66. The Morgan fingerprint density at radius 3 is 2.55 bits per heavy atom. The minimum atomic E-state index is -0.428. The third-order valence-electron chi connectivity index (χ3n) is 3.46. The van der Waals surface area contributed by atoms with E-state index in [0.29, 0.717) is 25.0 Å². The van der Waals surface area contributed by atoms with Crippen LogP contribution in [-0.4, -0.2) is 54.0 Å². The fraction of sp³-hybridized carbons (Fsp3) is 0.933. The molecule has 0 saturated carbocycles. The highest BCUT2D eigenvalue weighted by atomic mass is 16.6. The van der Waals surface area contributed by atoms with Crippen LogP contribution < -0.4 is 5.32 Å². The number of nitrogens with one attached hydrogen (secondary N) is 1. The van der Waals surface area contributed by atoms with Crippen LogP contribution in [0.2, 0.25) is 0 Å². The minimum Gasteiger partial charge on any atom is -0.444 e. The van der Waals surface area contributed by atoms with Crippen molar-refractivity contribution in [2.24, 2.45) is 5.92 Å². The van der Waals surface area contributed by atoms with Crippen molar-refractivity contribution in [1.29, 1.82) is 0 Å². The van der Waals surface area contributed by atoms with Gasteiger partial charge in [-0.05, 0) is 46.1 Å². The molecular formula is C15H30N2O3. The van der Waals surface area contributed by atoms with Crippen LogP contribution in [0.3, 0.4) is 0 Å². The van der Waals surface area contributed by atoms with Gasteiger partial charge in [-0.1, -0.05) is 13.3 Å². The van der Waals surface area contributed by atoms with Crippen molar-refractivity contribution < 1.29 is 14.6 Å². The summed E-state index contributed by atoms with van der Waals surface area (Å²) in [4.78, 5) is 13.5. The standard InChI is InChI=1S/C15H30N2O3/c1-5-6-12(7-8-18)9-16-13-10-17(11-13)14(19)20-15(2,3)4/h12-13,16,18H,5-11H2,1-4H3. The number of aliphatic hydroxyl groups is 1. The van der Waals surface area contributed by atoms with Gasteiger partial charge in [0, 0.05) is 25.7 Å². The number of hydrogen-bond donors (Lipinski definition) is 2. The van der Waals surface area contributed by atoms with Crippen molar-refractivity contribution in [2.75, 3.05) is 26.2 Å². The van der Waals surface area contributed by atoms with E-state index in [-0.39, 0.29) is 12.7 Å². The van der Waals surface area contributed by atoms with Gasteiger partial charge in [0.25, 0.3) is 0 Å². The summed E-state index contributed by atoms with van der Waals surface area (Å²) in [5.41, 5.74) is -0.428. The Kier molecular flexibility index (Phi) is 6.76. The molecule has 0 aliphatic carbocycles. The van der Waals surface area contributed by atoms with Gasteiger partial charge in [0.15, 0.2) is 0 Å². The second-order valence-electron chi connectivity index (χ2n) is 6.66. The number of aliphatic hydroxyl groups excluding tert-OH is 1. The SMILES string of the molecule is CCCC(CCO)CNC1CN(C(=O)OC(C)(C)C)C1. The molecule has 0 aromatic heterocycles. The molecular weight excluding hydrogens is 256 g/mol. The summed E-state index contributed by atoms with van der Waals surface area (Å²) in [6.45, 7) is 10.4. The van der Waals surface area contributed by atoms with Gasteiger partial charge >= 0.3 is 6.09 Å². The first kappa shape index (κ1) is 17.2. The molecule has 0 radical (unpaired) electrons. The molecule has 2 N–H and O–H groups in total. The summed E-state index contributed by atoms with van der Waals surface area (Å²) < 4.78 is 5.32. The van der Waals surface area contributed by atoms with Gasteiger partial charge in [-0.25, -0.2) is 4.79 Å². The van der Waals surface area contributed by atoms with Crippen LogP contribution >= 0.6 is 0 Å². The molecule has 1 unspecified atom stereocenters. The highest BCUT2D eigenvalue weighted by Crippen LogP contribution is 2.16. The third-order valence-corrected chi connectivity index (χ3v) is 3.46. The predicted octanol–water partition coefficient (Wildman–Crippen LogP) is 1.99. The number of hydrogen-bond acceptors (Lipinski definition) is 4. The van der Waals surface area contributed by atoms with Crippen LogP contribution in [0.1, 0.15) is 47.0 Å². The average molecular weight is 286 g/mol. The Labute approximate surface area is 122 Å². The van der Waals surface area contributed by atoms with Crippen molar-refractivity contribution in [2.45, 2.75) is 58.6 Å². The highest BCUT2D eigenvalue weighted by molar-refractivity contribution is 5.69. The van der Waals surface area contributed by atoms with Crippen LogP contribution in [0.25, 0.3) is 0 Å². The molecule has 0 aromatic rings. The lowest BCUT2D eigenvalue weighted by atomic mass is 9.99. The summed E-state index contributed by atoms with van der Waals surface area (Å²) in [6, 6.07) is 0.362. The quantitative estimate of drug-likeness (QED) is 0.751. The summed E-state index contributed by atoms with van der Waals surface area (Å²) >= 11 is 0. The Hall–Kier alpha value is -0.810. The van der Waals surface area contributed by atoms with Gasteiger partial charge in [0.1, 0.15) is 5.60 Å². The highest BCUT2D eigenvalue weighted by Gasteiger charge is 2.33. The monoisotopic (exact) mass is 286 g/mol. The Morgan fingerprint density at radius 1 is 1.40 bits per heavy atom. The van der Waals surface area contributed by atoms with Crippen LogP contribution in [0.4, 0.5) is 4.79 Å². The number of carbonyl (C=O) groups excluding carboxylic acids is 1. The van der Waals surface area contributed by atoms with E-state index in [4.69, 9.17) is 9.84 Å². The van der Waals surface area contributed by atoms with E-state index < -0.39 is 5.60 Å². The van der Waals surface area contributed by atoms with Gasteiger partial charge in [0.2, 0.25) is 0 Å². The molecule has 1 aliphatic rings. The van der Waals surface area contributed by atoms with E-state index in [0.717, 1.165) is 25.8 Å². The normalized spacial score (nSPS) is 17.8. The van der Waals surface area contributed by atoms with E-state index >= 15 is 0 Å². The molecule has 1 saturated heterocycles. The number of amides is 1. The first-order valence-electron chi connectivity index (χ1n) is 7.68. The number of nitrogens with zero attached hydrogens (tertiary/aromatic N) is 1. The summed E-state index contributed by atoms with van der Waals surface area (Å²) in [7, 11) is 0. The molecule has 1 heterocycles. The van der Waals surface area contributed by atoms with E-state index in [9.17, 15) is 4.79 Å². The van der Waals surface area contributed by atoms with Crippen molar-refractivity contribution in [3.8, 4) is 0 Å². The maximum Gasteiger partial charge on any atom is 0.410 e. The van der Waals surface area contributed by atoms with E-state index in [2.05, 4.69) is 12.2 Å². The molecule has 1 fully saturated rings. The number of carbonyl (C=O) groups is 1. The van der Waals surface area contributed by atoms with Crippen molar-refractivity contribution in [3.05, 3.63) is 0 Å². The van der Waals surface area contributed by atoms with Crippen molar-refractivity contribution >= 4 is 6.09 Å². The Bertz CT molecular complexity index is 290. The minimum absolute atomic E-state index is 0.226. The van der Waals surface area contributed by atoms with Crippen molar-refractivity contribution in [3.63, 3.8) is 0 Å². The largest absolute Gasteiger partial charge is 0.444 e. The zero-order valence-electron chi connectivity index (χ0n) is 13.3. The van der Waals surface area contributed by atoms with Crippen LogP contribution in [0.15, 0.2) is 0 Å². The summed E-state index contributed by atoms with van der Waals surface area (Å²) in [6.07, 6.45) is 2.90. The molecule has 1 amide bonds. The smallest absolute Gasteiger partial charge is 0.410 e. The first-order valence-corrected chi connectivity index (χ1v) is 7.68. The second kappa shape index (κ2) is 7.84. The maximum absolute atomic E-state index is 11.8. The molecule has 0 bridgehead atoms. The van der Waals surface area contributed by atoms with E-state index in [1.165, 1.54) is 0 Å². The predicted molar refractivity (Wildman–Crippen MR) is 79.7 cm³/mol. The molecule has 118 valence electrons. The molecule has 0 aromatic carbocycles. The number of likely N-dealkylation sites (tertiary alicyclic amines) is 1. The Balaban J connectivity index is 2.19. The maximum atomic E-state index is 11.8. The summed E-state index contributed by atoms with van der Waals surface area (Å²) in [5, 5.41) is 12.5. The molecule has 1 rings (SSSR count). The Morgan fingerprint density at radius 2 is 2.05 bits per heavy atom.